The van der Waals surface area contributed by atoms with E-state index in [0.717, 1.165) is 141 Å². The van der Waals surface area contributed by atoms with E-state index >= 15 is 0 Å². The Kier molecular flexibility index (Phi) is 33.4. The molecule has 5 aromatic heterocycles. The Hall–Kier alpha value is -12.2. The molecule has 13 nitrogen and oxygen atoms in total. The molecule has 0 saturated heterocycles. The van der Waals surface area contributed by atoms with Crippen LogP contribution in [0.5, 0.6) is 28.7 Å². The first-order chi connectivity index (χ1) is 59.3. The highest BCUT2D eigenvalue weighted by molar-refractivity contribution is 7.19. The van der Waals surface area contributed by atoms with E-state index in [9.17, 15) is 8.78 Å². The highest BCUT2D eigenvalue weighted by Gasteiger charge is 2.43. The molecule has 0 amide bonds. The predicted molar refractivity (Wildman–Crippen MR) is 516 cm³/mol. The van der Waals surface area contributed by atoms with Gasteiger partial charge in [0.05, 0.1) is 43.4 Å². The number of aryl methyl sites for hydroxylation is 11. The molecule has 0 fully saturated rings. The van der Waals surface area contributed by atoms with E-state index in [0.29, 0.717) is 11.7 Å². The van der Waals surface area contributed by atoms with Crippen LogP contribution in [-0.4, -0.2) is 57.7 Å². The second kappa shape index (κ2) is 44.8. The first-order valence-electron chi connectivity index (χ1n) is 40.6. The summed E-state index contributed by atoms with van der Waals surface area (Å²) in [5.74, 6) is 4.31. The molecule has 7 aliphatic rings. The molecule has 4 N–H and O–H groups in total. The lowest BCUT2D eigenvalue weighted by Gasteiger charge is -2.06. The van der Waals surface area contributed by atoms with E-state index in [1.165, 1.54) is 110 Å². The second-order valence-electron chi connectivity index (χ2n) is 30.1. The molecular formula is C104H104Cl2F2N8O5S3. The van der Waals surface area contributed by atoms with Crippen LogP contribution >= 0.6 is 57.2 Å². The van der Waals surface area contributed by atoms with Crippen LogP contribution in [0.2, 0.25) is 10.0 Å². The van der Waals surface area contributed by atoms with Crippen molar-refractivity contribution in [1.82, 2.24) is 19.9 Å². The average Bonchev–Trinajstić information content (AvgIpc) is 1.67. The zero-order valence-electron chi connectivity index (χ0n) is 71.0. The van der Waals surface area contributed by atoms with Gasteiger partial charge in [0.25, 0.3) is 0 Å². The van der Waals surface area contributed by atoms with Gasteiger partial charge in [0.2, 0.25) is 0 Å². The number of halogens is 4. The number of benzene rings is 10. The van der Waals surface area contributed by atoms with Gasteiger partial charge in [0.1, 0.15) is 27.4 Å². The van der Waals surface area contributed by atoms with Gasteiger partial charge in [-0.2, -0.15) is 0 Å². The Labute approximate surface area is 749 Å². The van der Waals surface area contributed by atoms with Gasteiger partial charge in [-0.3, -0.25) is 20.0 Å². The molecule has 0 saturated carbocycles. The Balaban J connectivity index is 0.000000133. The largest absolute Gasteiger partial charge is 0.586 e. The van der Waals surface area contributed by atoms with Gasteiger partial charge in [-0.1, -0.05) is 222 Å². The van der Waals surface area contributed by atoms with Crippen LogP contribution < -0.4 is 35.2 Å². The standard InChI is InChI=1S/C10H9NS.C10H9N.C10H12O2.2C10H10.C9H9ClO.C9H7ClS.C9H8N2S.2C9H10N2.C8H6F2O2.CH4/c1-8-7-12-10(11-8)9-5-3-2-4-6-9;1-8-4-5-10-9(7-8)3-2-6-11-10;1-8-3-4-9-10(7-8)12-6-2-5-11-9;2*1-8-5-6-9-3-2-4-10(9)7-8;1-6-4-9-7(2-3-11-9)5-8(6)10;1-6-9(10)7-4-2-3-5-8(7)11-6;1-7-6-12-9(11-7)8-3-2-4-10-5-8;1-6-2-3-8-7(4-6)5-11-9(8)10;1-6-2-3-7-5-11-9(10)8(7)4-6;1-5-2-3-6-7(4-5)12-8(9,10)11-6;/h2-7H,1H3;2-7H,1H3;3-4,7H,2,5-6H2,1H3;2*2,4-7H,3H2,1H3;4-5H,2-3H2,1H3;2-5H,1H3;2-6H,1H3;2*2-4H,5H2,1H3,(H2,10,11);2-4H,1H3;1H4. The summed E-state index contributed by atoms with van der Waals surface area (Å²) in [5.41, 5.74) is 38.2. The van der Waals surface area contributed by atoms with Gasteiger partial charge >= 0.3 is 6.29 Å². The number of alkyl halides is 2. The summed E-state index contributed by atoms with van der Waals surface area (Å²) in [6.07, 6.45) is 14.9. The first-order valence-corrected chi connectivity index (χ1v) is 43.9. The number of rotatable bonds is 2. The number of hydrogen-bond acceptors (Lipinski definition) is 16. The van der Waals surface area contributed by atoms with Gasteiger partial charge < -0.3 is 35.2 Å². The number of amidine groups is 2. The molecule has 0 bridgehead atoms. The van der Waals surface area contributed by atoms with E-state index in [1.54, 1.807) is 53.2 Å². The number of thiophene rings is 1. The first kappa shape index (κ1) is 92.6. The highest BCUT2D eigenvalue weighted by Crippen LogP contribution is 2.42. The van der Waals surface area contributed by atoms with Crippen molar-refractivity contribution in [3.63, 3.8) is 0 Å². The molecule has 22 rings (SSSR count). The van der Waals surface area contributed by atoms with Gasteiger partial charge in [0, 0.05) is 101 Å². The minimum Gasteiger partial charge on any atom is -0.493 e. The average molecular weight is 1750 g/mol. The zero-order valence-corrected chi connectivity index (χ0v) is 74.9. The summed E-state index contributed by atoms with van der Waals surface area (Å²) >= 11 is 17.1. The molecule has 20 heteroatoms. The van der Waals surface area contributed by atoms with E-state index in [2.05, 4.69) is 220 Å². The molecule has 124 heavy (non-hydrogen) atoms. The number of aliphatic imine (C=N–C) groups is 2. The summed E-state index contributed by atoms with van der Waals surface area (Å²) in [5, 5.41) is 10.4. The van der Waals surface area contributed by atoms with Crippen molar-refractivity contribution in [1.29, 1.82) is 0 Å². The number of ether oxygens (including phenoxy) is 5. The molecule has 15 aromatic rings. The van der Waals surface area contributed by atoms with Gasteiger partial charge in [0.15, 0.2) is 23.0 Å². The van der Waals surface area contributed by atoms with Crippen LogP contribution in [0.25, 0.3) is 54.3 Å². The fourth-order valence-electron chi connectivity index (χ4n) is 13.4. The van der Waals surface area contributed by atoms with Gasteiger partial charge in [-0.05, 0) is 224 Å². The molecule has 636 valence electrons. The quantitative estimate of drug-likeness (QED) is 0.169. The van der Waals surface area contributed by atoms with Gasteiger partial charge in [-0.15, -0.1) is 42.8 Å². The van der Waals surface area contributed by atoms with Crippen LogP contribution in [-0.2, 0) is 32.4 Å². The summed E-state index contributed by atoms with van der Waals surface area (Å²) in [7, 11) is 0. The van der Waals surface area contributed by atoms with Crippen LogP contribution in [0.15, 0.2) is 270 Å². The van der Waals surface area contributed by atoms with Crippen molar-refractivity contribution in [3.8, 4) is 49.9 Å². The Morgan fingerprint density at radius 1 is 0.444 bits per heavy atom. The van der Waals surface area contributed by atoms with Crippen molar-refractivity contribution < 1.29 is 32.5 Å². The number of allylic oxidation sites excluding steroid dienone is 2. The number of aromatic nitrogens is 4. The third kappa shape index (κ3) is 26.7. The monoisotopic (exact) mass is 1750 g/mol. The maximum absolute atomic E-state index is 12.4. The molecule has 0 spiro atoms. The molecule has 0 atom stereocenters. The van der Waals surface area contributed by atoms with Crippen LogP contribution in [0.4, 0.5) is 8.78 Å². The Morgan fingerprint density at radius 2 is 0.976 bits per heavy atom. The molecule has 10 heterocycles. The van der Waals surface area contributed by atoms with E-state index in [-0.39, 0.29) is 18.9 Å². The summed E-state index contributed by atoms with van der Waals surface area (Å²) < 4.78 is 50.9. The predicted octanol–water partition coefficient (Wildman–Crippen LogP) is 27.3. The minimum atomic E-state index is -3.50. The molecule has 2 aliphatic carbocycles. The number of fused-ring (bicyclic) bond motifs is 9. The molecular weight excluding hydrogens is 1650 g/mol. The van der Waals surface area contributed by atoms with E-state index < -0.39 is 6.29 Å². The number of nitrogens with zero attached hydrogens (tertiary/aromatic N) is 6. The second-order valence-corrected chi connectivity index (χ2v) is 33.9. The molecule has 10 aromatic carbocycles. The van der Waals surface area contributed by atoms with Crippen molar-refractivity contribution in [2.24, 2.45) is 21.5 Å². The number of nitrogens with two attached hydrogens (primary N) is 2. The number of pyridine rings is 2. The fraction of sp³-hybridized carbons (Fsp3) is 0.212. The van der Waals surface area contributed by atoms with Crippen molar-refractivity contribution in [3.05, 3.63) is 381 Å². The topological polar surface area (TPSA) is 174 Å². The smallest absolute Gasteiger partial charge is 0.493 e. The highest BCUT2D eigenvalue weighted by atomic mass is 35.5. The van der Waals surface area contributed by atoms with E-state index in [1.807, 2.05) is 136 Å². The van der Waals surface area contributed by atoms with Gasteiger partial charge in [-0.25, -0.2) is 9.97 Å². The zero-order chi connectivity index (χ0) is 86.9. The third-order valence-electron chi connectivity index (χ3n) is 19.8. The Morgan fingerprint density at radius 3 is 1.63 bits per heavy atom. The number of thiazole rings is 2. The van der Waals surface area contributed by atoms with Crippen molar-refractivity contribution in [2.45, 2.75) is 129 Å². The normalized spacial score (nSPS) is 13.1. The fourth-order valence-corrected chi connectivity index (χ4v) is 16.5. The summed E-state index contributed by atoms with van der Waals surface area (Å²) in [6.45, 7) is 26.2. The Bertz CT molecular complexity index is 6080. The van der Waals surface area contributed by atoms with Crippen molar-refractivity contribution in [2.75, 3.05) is 19.8 Å². The maximum Gasteiger partial charge on any atom is 0.586 e. The van der Waals surface area contributed by atoms with E-state index in [4.69, 9.17) is 48.9 Å². The summed E-state index contributed by atoms with van der Waals surface area (Å²) in [6, 6.07) is 73.1. The van der Waals surface area contributed by atoms with Crippen molar-refractivity contribution >= 4 is 102 Å². The minimum absolute atomic E-state index is 0. The van der Waals surface area contributed by atoms with Crippen LogP contribution in [0.1, 0.15) is 125 Å². The number of hydrogen-bond donors (Lipinski definition) is 2. The maximum atomic E-state index is 12.4. The molecule has 5 aliphatic heterocycles. The lowest BCUT2D eigenvalue weighted by atomic mass is 10.1. The third-order valence-corrected chi connectivity index (χ3v) is 24.0. The lowest BCUT2D eigenvalue weighted by Crippen LogP contribution is -2.25. The molecule has 0 unspecified atom stereocenters. The van der Waals surface area contributed by atoms with Crippen LogP contribution in [0, 0.1) is 76.2 Å². The lowest BCUT2D eigenvalue weighted by molar-refractivity contribution is -0.286. The molecule has 0 radical (unpaired) electrons. The SMILES string of the molecule is C.Cc1cc2c(cc1Cl)CCO2.Cc1ccc2c(c1)C(N)=NC2.Cc1ccc2c(c1)C=CC2.Cc1ccc2c(c1)C=CC2.Cc1ccc2c(c1)CN=C2N.Cc1ccc2c(c1)OC(F)(F)O2.Cc1ccc2c(c1)OCCCO2.Cc1ccc2ncccc2c1.Cc1csc(-c2ccccc2)n1.Cc1csc(-c2cccnc2)n1.Cc1sc2ccccc2c1Cl. The summed E-state index contributed by atoms with van der Waals surface area (Å²) in [4.78, 5) is 26.5. The van der Waals surface area contributed by atoms with Crippen LogP contribution in [0.3, 0.4) is 0 Å².